The van der Waals surface area contributed by atoms with Crippen LogP contribution in [0, 0.1) is 4.64 Å². The van der Waals surface area contributed by atoms with Crippen molar-refractivity contribution in [1.82, 2.24) is 9.97 Å². The summed E-state index contributed by atoms with van der Waals surface area (Å²) in [5.41, 5.74) is 1.16. The minimum absolute atomic E-state index is 0.670. The molecule has 3 nitrogen and oxygen atoms in total. The third-order valence-electron chi connectivity index (χ3n) is 2.34. The van der Waals surface area contributed by atoms with Gasteiger partial charge in [0, 0.05) is 12.6 Å². The van der Waals surface area contributed by atoms with E-state index in [1.54, 1.807) is 13.3 Å². The molecular weight excluding hydrogens is 300 g/mol. The van der Waals surface area contributed by atoms with Crippen LogP contribution < -0.4 is 4.74 Å². The van der Waals surface area contributed by atoms with E-state index in [-0.39, 0.29) is 0 Å². The van der Waals surface area contributed by atoms with E-state index in [2.05, 4.69) is 25.9 Å². The van der Waals surface area contributed by atoms with Crippen molar-refractivity contribution in [1.29, 1.82) is 0 Å². The summed E-state index contributed by atoms with van der Waals surface area (Å²) in [5, 5.41) is 0. The molecule has 2 aromatic rings. The Morgan fingerprint density at radius 1 is 1.35 bits per heavy atom. The number of aromatic amines is 1. The third kappa shape index (κ3) is 3.14. The summed E-state index contributed by atoms with van der Waals surface area (Å²) < 4.78 is 6.59. The van der Waals surface area contributed by atoms with Crippen molar-refractivity contribution < 1.29 is 4.74 Å². The maximum absolute atomic E-state index is 5.13. The number of hydrogen-bond donors (Lipinski definition) is 1. The Kier molecular flexibility index (Phi) is 3.91. The highest BCUT2D eigenvalue weighted by Crippen LogP contribution is 2.14. The summed E-state index contributed by atoms with van der Waals surface area (Å²) in [5.74, 6) is 1.70. The topological polar surface area (TPSA) is 37.9 Å². The molecule has 1 heterocycles. The quantitative estimate of drug-likeness (QED) is 0.882. The van der Waals surface area contributed by atoms with Crippen LogP contribution in [0.3, 0.4) is 0 Å². The maximum atomic E-state index is 5.13. The number of methoxy groups -OCH3 is 1. The number of H-pyrrole nitrogens is 1. The molecule has 0 radical (unpaired) electrons. The van der Waals surface area contributed by atoms with Gasteiger partial charge in [-0.15, -0.1) is 0 Å². The SMILES string of the molecule is COc1ccc(Cc2ncc(Br)c(=S)[nH]2)cc1. The third-order valence-corrected chi connectivity index (χ3v) is 3.52. The van der Waals surface area contributed by atoms with Gasteiger partial charge in [-0.3, -0.25) is 0 Å². The van der Waals surface area contributed by atoms with Gasteiger partial charge < -0.3 is 9.72 Å². The van der Waals surface area contributed by atoms with Crippen LogP contribution in [0.4, 0.5) is 0 Å². The summed E-state index contributed by atoms with van der Waals surface area (Å²) in [6, 6.07) is 7.89. The minimum Gasteiger partial charge on any atom is -0.497 e. The Morgan fingerprint density at radius 3 is 2.65 bits per heavy atom. The van der Waals surface area contributed by atoms with Crippen molar-refractivity contribution in [2.75, 3.05) is 7.11 Å². The van der Waals surface area contributed by atoms with E-state index in [1.807, 2.05) is 24.3 Å². The first kappa shape index (κ1) is 12.3. The standard InChI is InChI=1S/C12H11BrN2OS/c1-16-9-4-2-8(3-5-9)6-11-14-7-10(13)12(17)15-11/h2-5,7H,6H2,1H3,(H,14,15,17). The number of aromatic nitrogens is 2. The van der Waals surface area contributed by atoms with Crippen LogP contribution in [-0.4, -0.2) is 17.1 Å². The zero-order valence-electron chi connectivity index (χ0n) is 9.24. The molecule has 2 rings (SSSR count). The maximum Gasteiger partial charge on any atom is 0.120 e. The molecule has 0 unspecified atom stereocenters. The molecule has 1 aromatic heterocycles. The number of ether oxygens (including phenoxy) is 1. The average Bonchev–Trinajstić information content (AvgIpc) is 2.35. The summed E-state index contributed by atoms with van der Waals surface area (Å²) in [6.45, 7) is 0. The fraction of sp³-hybridized carbons (Fsp3) is 0.167. The predicted molar refractivity (Wildman–Crippen MR) is 72.9 cm³/mol. The zero-order valence-corrected chi connectivity index (χ0v) is 11.6. The second kappa shape index (κ2) is 5.42. The van der Waals surface area contributed by atoms with E-state index in [9.17, 15) is 0 Å². The number of benzene rings is 1. The zero-order chi connectivity index (χ0) is 12.3. The Labute approximate surface area is 113 Å². The predicted octanol–water partition coefficient (Wildman–Crippen LogP) is 3.50. The van der Waals surface area contributed by atoms with Crippen LogP contribution in [0.1, 0.15) is 11.4 Å². The molecule has 0 aliphatic carbocycles. The molecule has 0 saturated carbocycles. The van der Waals surface area contributed by atoms with Gasteiger partial charge in [0.05, 0.1) is 11.6 Å². The van der Waals surface area contributed by atoms with Crippen molar-refractivity contribution in [3.8, 4) is 5.75 Å². The normalized spacial score (nSPS) is 10.2. The van der Waals surface area contributed by atoms with Crippen molar-refractivity contribution >= 4 is 28.1 Å². The Bertz CT molecular complexity index is 565. The first-order valence-electron chi connectivity index (χ1n) is 5.05. The molecule has 0 aliphatic heterocycles. The molecule has 0 amide bonds. The van der Waals surface area contributed by atoms with Gasteiger partial charge >= 0.3 is 0 Å². The first-order valence-corrected chi connectivity index (χ1v) is 6.26. The summed E-state index contributed by atoms with van der Waals surface area (Å²) >= 11 is 8.45. The highest BCUT2D eigenvalue weighted by molar-refractivity contribution is 9.10. The van der Waals surface area contributed by atoms with E-state index in [0.717, 1.165) is 28.0 Å². The van der Waals surface area contributed by atoms with E-state index in [4.69, 9.17) is 17.0 Å². The van der Waals surface area contributed by atoms with Crippen LogP contribution >= 0.6 is 28.1 Å². The summed E-state index contributed by atoms with van der Waals surface area (Å²) in [6.07, 6.45) is 2.44. The Balaban J connectivity index is 2.19. The molecule has 0 bridgehead atoms. The van der Waals surface area contributed by atoms with Crippen LogP contribution in [0.15, 0.2) is 34.9 Å². The monoisotopic (exact) mass is 310 g/mol. The summed E-state index contributed by atoms with van der Waals surface area (Å²) in [4.78, 5) is 7.35. The Morgan fingerprint density at radius 2 is 2.06 bits per heavy atom. The highest BCUT2D eigenvalue weighted by Gasteiger charge is 2.00. The molecule has 0 spiro atoms. The molecule has 0 fully saturated rings. The van der Waals surface area contributed by atoms with E-state index in [0.29, 0.717) is 4.64 Å². The fourth-order valence-electron chi connectivity index (χ4n) is 1.44. The van der Waals surface area contributed by atoms with Crippen LogP contribution in [0.25, 0.3) is 0 Å². The van der Waals surface area contributed by atoms with Crippen molar-refractivity contribution in [2.45, 2.75) is 6.42 Å². The smallest absolute Gasteiger partial charge is 0.120 e. The second-order valence-electron chi connectivity index (χ2n) is 3.53. The molecule has 0 atom stereocenters. The number of nitrogens with zero attached hydrogens (tertiary/aromatic N) is 1. The van der Waals surface area contributed by atoms with Crippen molar-refractivity contribution in [2.24, 2.45) is 0 Å². The lowest BCUT2D eigenvalue weighted by atomic mass is 10.1. The summed E-state index contributed by atoms with van der Waals surface area (Å²) in [7, 11) is 1.66. The van der Waals surface area contributed by atoms with Crippen LogP contribution in [0.2, 0.25) is 0 Å². The van der Waals surface area contributed by atoms with E-state index >= 15 is 0 Å². The molecule has 17 heavy (non-hydrogen) atoms. The lowest BCUT2D eigenvalue weighted by molar-refractivity contribution is 0.414. The molecule has 0 aliphatic rings. The van der Waals surface area contributed by atoms with Gasteiger partial charge in [0.2, 0.25) is 0 Å². The number of hydrogen-bond acceptors (Lipinski definition) is 3. The molecule has 1 N–H and O–H groups in total. The van der Waals surface area contributed by atoms with Gasteiger partial charge in [-0.25, -0.2) is 4.98 Å². The lowest BCUT2D eigenvalue weighted by Crippen LogP contribution is -1.96. The van der Waals surface area contributed by atoms with Crippen LogP contribution in [-0.2, 0) is 6.42 Å². The van der Waals surface area contributed by atoms with Gasteiger partial charge in [-0.2, -0.15) is 0 Å². The van der Waals surface area contributed by atoms with Crippen molar-refractivity contribution in [3.05, 3.63) is 51.0 Å². The van der Waals surface area contributed by atoms with Crippen LogP contribution in [0.5, 0.6) is 5.75 Å². The van der Waals surface area contributed by atoms with Crippen molar-refractivity contribution in [3.63, 3.8) is 0 Å². The first-order chi connectivity index (χ1) is 8.19. The molecule has 5 heteroatoms. The van der Waals surface area contributed by atoms with E-state index in [1.165, 1.54) is 0 Å². The van der Waals surface area contributed by atoms with Gasteiger partial charge in [-0.1, -0.05) is 24.4 Å². The lowest BCUT2D eigenvalue weighted by Gasteiger charge is -2.03. The van der Waals surface area contributed by atoms with E-state index < -0.39 is 0 Å². The van der Waals surface area contributed by atoms with Gasteiger partial charge in [0.15, 0.2) is 0 Å². The van der Waals surface area contributed by atoms with Gasteiger partial charge in [0.25, 0.3) is 0 Å². The Hall–Kier alpha value is -1.20. The second-order valence-corrected chi connectivity index (χ2v) is 4.79. The fourth-order valence-corrected chi connectivity index (χ4v) is 1.81. The number of nitrogens with one attached hydrogen (secondary N) is 1. The average molecular weight is 311 g/mol. The molecular formula is C12H11BrN2OS. The molecule has 1 aromatic carbocycles. The number of halogens is 1. The largest absolute Gasteiger partial charge is 0.497 e. The van der Waals surface area contributed by atoms with Gasteiger partial charge in [-0.05, 0) is 33.6 Å². The molecule has 0 saturated heterocycles. The number of rotatable bonds is 3. The van der Waals surface area contributed by atoms with Gasteiger partial charge in [0.1, 0.15) is 16.2 Å². The highest BCUT2D eigenvalue weighted by atomic mass is 79.9. The molecule has 88 valence electrons. The minimum atomic E-state index is 0.670.